The van der Waals surface area contributed by atoms with Crippen LogP contribution in [-0.4, -0.2) is 14.7 Å². The van der Waals surface area contributed by atoms with Crippen LogP contribution in [0.3, 0.4) is 0 Å². The van der Waals surface area contributed by atoms with E-state index in [-0.39, 0.29) is 11.1 Å². The smallest absolute Gasteiger partial charge is 0.240 e. The zero-order chi connectivity index (χ0) is 17.9. The molecule has 5 rings (SSSR count). The number of benzene rings is 1. The van der Waals surface area contributed by atoms with Crippen molar-refractivity contribution >= 4 is 55.9 Å². The standard InChI is InChI=1S/C20H20IN2OS2/c1-20(11-21)12-25-19-22(13-7-3-2-4-8-13)17(24)16-14-9-5-6-10-15(14)26-18(16)23(19)20/h2-4,7-8H,5-6,9-12H2,1H3/q+1/t20-/m1/s1. The van der Waals surface area contributed by atoms with Gasteiger partial charge in [-0.3, -0.25) is 0 Å². The van der Waals surface area contributed by atoms with Gasteiger partial charge in [-0.25, -0.2) is 9.36 Å². The van der Waals surface area contributed by atoms with Gasteiger partial charge in [-0.1, -0.05) is 52.1 Å². The van der Waals surface area contributed by atoms with Gasteiger partial charge in [0.25, 0.3) is 0 Å². The average Bonchev–Trinajstić information content (AvgIpc) is 3.22. The molecule has 0 bridgehead atoms. The largest absolute Gasteiger partial charge is 0.352 e. The molecule has 1 aliphatic carbocycles. The number of aromatic nitrogens is 2. The van der Waals surface area contributed by atoms with Crippen LogP contribution in [0.1, 0.15) is 30.2 Å². The summed E-state index contributed by atoms with van der Waals surface area (Å²) in [7, 11) is 0. The molecule has 3 heterocycles. The molecule has 0 radical (unpaired) electrons. The molecule has 3 nitrogen and oxygen atoms in total. The number of halogens is 1. The van der Waals surface area contributed by atoms with Crippen molar-refractivity contribution in [3.05, 3.63) is 51.1 Å². The predicted molar refractivity (Wildman–Crippen MR) is 118 cm³/mol. The molecular weight excluding hydrogens is 475 g/mol. The molecule has 0 amide bonds. The lowest BCUT2D eigenvalue weighted by molar-refractivity contribution is -0.757. The first-order valence-electron chi connectivity index (χ1n) is 9.04. The fraction of sp³-hybridized carbons (Fsp3) is 0.400. The summed E-state index contributed by atoms with van der Waals surface area (Å²) in [4.78, 5) is 16.3. The molecule has 26 heavy (non-hydrogen) atoms. The van der Waals surface area contributed by atoms with Gasteiger partial charge in [-0.15, -0.1) is 0 Å². The molecule has 1 atom stereocenters. The van der Waals surface area contributed by atoms with E-state index in [1.807, 2.05) is 58.0 Å². The summed E-state index contributed by atoms with van der Waals surface area (Å²) in [5.41, 5.74) is 2.52. The van der Waals surface area contributed by atoms with Crippen molar-refractivity contribution in [3.8, 4) is 5.69 Å². The maximum atomic E-state index is 13.7. The average molecular weight is 495 g/mol. The molecule has 0 unspecified atom stereocenters. The number of thiophene rings is 1. The highest BCUT2D eigenvalue weighted by Gasteiger charge is 2.46. The van der Waals surface area contributed by atoms with Gasteiger partial charge in [-0.05, 0) is 62.1 Å². The van der Waals surface area contributed by atoms with Gasteiger partial charge in [0, 0.05) is 15.1 Å². The Balaban J connectivity index is 1.95. The molecule has 0 N–H and O–H groups in total. The minimum absolute atomic E-state index is 0.0521. The van der Waals surface area contributed by atoms with Crippen LogP contribution in [0.2, 0.25) is 0 Å². The molecule has 2 aromatic heterocycles. The fourth-order valence-electron chi connectivity index (χ4n) is 4.11. The molecule has 0 saturated heterocycles. The Morgan fingerprint density at radius 3 is 2.77 bits per heavy atom. The Morgan fingerprint density at radius 1 is 1.23 bits per heavy atom. The minimum atomic E-state index is 0.0521. The number of hydrogen-bond donors (Lipinski definition) is 0. The Morgan fingerprint density at radius 2 is 2.00 bits per heavy atom. The van der Waals surface area contributed by atoms with Gasteiger partial charge >= 0.3 is 10.7 Å². The summed E-state index contributed by atoms with van der Waals surface area (Å²) in [5.74, 6) is 1.02. The first kappa shape index (κ1) is 17.3. The molecule has 2 aliphatic rings. The minimum Gasteiger partial charge on any atom is -0.240 e. The molecule has 134 valence electrons. The van der Waals surface area contributed by atoms with E-state index in [9.17, 15) is 4.79 Å². The van der Waals surface area contributed by atoms with E-state index in [4.69, 9.17) is 0 Å². The van der Waals surface area contributed by atoms with E-state index in [1.54, 1.807) is 0 Å². The Kier molecular flexibility index (Phi) is 4.21. The number of nitrogens with zero attached hydrogens (tertiary/aromatic N) is 2. The second-order valence-electron chi connectivity index (χ2n) is 7.40. The zero-order valence-electron chi connectivity index (χ0n) is 14.6. The third-order valence-electron chi connectivity index (χ3n) is 5.51. The number of fused-ring (bicyclic) bond motifs is 5. The van der Waals surface area contributed by atoms with Crippen LogP contribution in [0.25, 0.3) is 15.9 Å². The van der Waals surface area contributed by atoms with Crippen molar-refractivity contribution in [2.45, 2.75) is 43.3 Å². The Bertz CT molecular complexity index is 1070. The summed E-state index contributed by atoms with van der Waals surface area (Å²) in [6, 6.07) is 10.1. The van der Waals surface area contributed by atoms with E-state index < -0.39 is 0 Å². The maximum absolute atomic E-state index is 13.7. The number of para-hydroxylation sites is 1. The van der Waals surface area contributed by atoms with Crippen LogP contribution in [0.5, 0.6) is 0 Å². The predicted octanol–water partition coefficient (Wildman–Crippen LogP) is 4.47. The van der Waals surface area contributed by atoms with Crippen LogP contribution in [0.15, 0.2) is 40.3 Å². The van der Waals surface area contributed by atoms with E-state index in [0.29, 0.717) is 0 Å². The van der Waals surface area contributed by atoms with Gasteiger partial charge in [0.2, 0.25) is 0 Å². The molecule has 3 aromatic rings. The summed E-state index contributed by atoms with van der Waals surface area (Å²) in [6.07, 6.45) is 4.62. The van der Waals surface area contributed by atoms with E-state index in [2.05, 4.69) is 34.1 Å². The van der Waals surface area contributed by atoms with E-state index in [1.165, 1.54) is 28.1 Å². The number of hydrogen-bond acceptors (Lipinski definition) is 3. The molecular formula is C20H20IN2OS2+. The SMILES string of the molecule is C[C@@]1(CI)CSc2n(-c3ccccc3)c(=O)c3c4c(sc3[n+]21)CCCC4. The van der Waals surface area contributed by atoms with E-state index in [0.717, 1.165) is 39.3 Å². The highest BCUT2D eigenvalue weighted by atomic mass is 127. The van der Waals surface area contributed by atoms with Gasteiger partial charge in [0.15, 0.2) is 4.83 Å². The zero-order valence-corrected chi connectivity index (χ0v) is 18.4. The normalized spacial score (nSPS) is 21.8. The summed E-state index contributed by atoms with van der Waals surface area (Å²) in [5, 5.41) is 2.07. The fourth-order valence-corrected chi connectivity index (χ4v) is 8.09. The monoisotopic (exact) mass is 495 g/mol. The van der Waals surface area contributed by atoms with Crippen molar-refractivity contribution in [3.63, 3.8) is 0 Å². The molecule has 6 heteroatoms. The second kappa shape index (κ2) is 6.34. The third kappa shape index (κ3) is 2.37. The quantitative estimate of drug-likeness (QED) is 0.227. The highest BCUT2D eigenvalue weighted by molar-refractivity contribution is 14.1. The molecule has 1 aromatic carbocycles. The van der Waals surface area contributed by atoms with Gasteiger partial charge in [-0.2, -0.15) is 4.57 Å². The van der Waals surface area contributed by atoms with Crippen LogP contribution < -0.4 is 10.1 Å². The van der Waals surface area contributed by atoms with Crippen LogP contribution >= 0.6 is 45.7 Å². The second-order valence-corrected chi connectivity index (χ2v) is 10.2. The Labute approximate surface area is 174 Å². The number of aryl methyl sites for hydroxylation is 2. The van der Waals surface area contributed by atoms with Crippen molar-refractivity contribution in [2.24, 2.45) is 0 Å². The van der Waals surface area contributed by atoms with Crippen molar-refractivity contribution in [2.75, 3.05) is 10.2 Å². The van der Waals surface area contributed by atoms with E-state index >= 15 is 0 Å². The number of alkyl halides is 1. The first-order chi connectivity index (χ1) is 12.6. The first-order valence-corrected chi connectivity index (χ1v) is 12.4. The van der Waals surface area contributed by atoms with Crippen LogP contribution in [0.4, 0.5) is 0 Å². The topological polar surface area (TPSA) is 25.9 Å². The van der Waals surface area contributed by atoms with Gasteiger partial charge in [0.05, 0.1) is 0 Å². The van der Waals surface area contributed by atoms with Crippen LogP contribution in [-0.2, 0) is 18.4 Å². The maximum Gasteiger partial charge on any atom is 0.352 e. The lowest BCUT2D eigenvalue weighted by atomic mass is 9.97. The number of rotatable bonds is 2. The van der Waals surface area contributed by atoms with Crippen molar-refractivity contribution in [1.29, 1.82) is 0 Å². The molecule has 1 aliphatic heterocycles. The van der Waals surface area contributed by atoms with Crippen molar-refractivity contribution < 1.29 is 4.57 Å². The van der Waals surface area contributed by atoms with Gasteiger partial charge < -0.3 is 0 Å². The molecule has 0 fully saturated rings. The summed E-state index contributed by atoms with van der Waals surface area (Å²) < 4.78 is 5.49. The third-order valence-corrected chi connectivity index (χ3v) is 9.82. The van der Waals surface area contributed by atoms with Crippen molar-refractivity contribution in [1.82, 2.24) is 4.57 Å². The lowest BCUT2D eigenvalue weighted by Crippen LogP contribution is -2.57. The van der Waals surface area contributed by atoms with Gasteiger partial charge in [0.1, 0.15) is 16.6 Å². The molecule has 0 spiro atoms. The highest BCUT2D eigenvalue weighted by Crippen LogP contribution is 2.39. The van der Waals surface area contributed by atoms with Crippen LogP contribution in [0, 0.1) is 0 Å². The lowest BCUT2D eigenvalue weighted by Gasteiger charge is -2.19. The molecule has 0 saturated carbocycles. The summed E-state index contributed by atoms with van der Waals surface area (Å²) >= 11 is 6.20. The summed E-state index contributed by atoms with van der Waals surface area (Å²) in [6.45, 7) is 2.33. The number of thioether (sulfide) groups is 1. The Hall–Kier alpha value is -0.860.